The van der Waals surface area contributed by atoms with Crippen LogP contribution in [0.2, 0.25) is 0 Å². The molecule has 0 radical (unpaired) electrons. The number of hydrogen-bond acceptors (Lipinski definition) is 0. The van der Waals surface area contributed by atoms with Crippen molar-refractivity contribution >= 4 is 12.4 Å². The molecule has 0 N–H and O–H groups in total. The van der Waals surface area contributed by atoms with Crippen LogP contribution in [0, 0.1) is 0 Å². The molecular formula is HCl5Hf. The molecule has 0 bridgehead atoms. The summed E-state index contributed by atoms with van der Waals surface area (Å²) in [5, 5.41) is 0. The molecule has 0 rings (SSSR count). The fourth-order valence-corrected chi connectivity index (χ4v) is 0. The van der Waals surface area contributed by atoms with Crippen LogP contribution in [0.1, 0.15) is 0 Å². The van der Waals surface area contributed by atoms with Crippen LogP contribution in [0.4, 0.5) is 0 Å². The second kappa shape index (κ2) is 54.3. The van der Waals surface area contributed by atoms with Crippen LogP contribution in [-0.2, 0) is 25.8 Å². The zero-order valence-corrected chi connectivity index (χ0v) is 9.85. The van der Waals surface area contributed by atoms with E-state index in [1.54, 1.807) is 0 Å². The van der Waals surface area contributed by atoms with Crippen LogP contribution in [0.5, 0.6) is 0 Å². The van der Waals surface area contributed by atoms with E-state index in [0.717, 1.165) is 0 Å². The molecule has 0 aliphatic rings. The molecule has 0 aromatic rings. The molecule has 0 spiro atoms. The summed E-state index contributed by atoms with van der Waals surface area (Å²) in [6.45, 7) is 0. The Morgan fingerprint density at radius 2 is 0.500 bits per heavy atom. The molecule has 0 fully saturated rings. The maximum atomic E-state index is 0. The Kier molecular flexibility index (Phi) is 750. The van der Waals surface area contributed by atoms with Gasteiger partial charge in [0.15, 0.2) is 0 Å². The predicted octanol–water partition coefficient (Wildman–Crippen LogP) is -11.6. The Labute approximate surface area is 87.0 Å². The molecule has 0 amide bonds. The van der Waals surface area contributed by atoms with E-state index in [1.165, 1.54) is 0 Å². The quantitative estimate of drug-likeness (QED) is 0.378. The molecule has 0 atom stereocenters. The fraction of sp³-hybridized carbons (Fsp3) is 0. The molecule has 0 saturated heterocycles. The van der Waals surface area contributed by atoms with Crippen molar-refractivity contribution in [3.8, 4) is 0 Å². The third-order valence-corrected chi connectivity index (χ3v) is 0. The Morgan fingerprint density at radius 3 is 0.500 bits per heavy atom. The van der Waals surface area contributed by atoms with E-state index in [4.69, 9.17) is 0 Å². The fourth-order valence-electron chi connectivity index (χ4n) is 0. The summed E-state index contributed by atoms with van der Waals surface area (Å²) < 4.78 is 0. The SMILES string of the molecule is Cl.[Cl-].[Cl-].[Cl-].[Cl-].[Hf+4]. The van der Waals surface area contributed by atoms with Crippen LogP contribution >= 0.6 is 12.4 Å². The van der Waals surface area contributed by atoms with Crippen LogP contribution in [0.25, 0.3) is 0 Å². The number of hydrogen-bond donors (Lipinski definition) is 0. The summed E-state index contributed by atoms with van der Waals surface area (Å²) in [7, 11) is 0. The first-order valence-electron chi connectivity index (χ1n) is 0. The van der Waals surface area contributed by atoms with Gasteiger partial charge < -0.3 is 49.6 Å². The van der Waals surface area contributed by atoms with E-state index in [9.17, 15) is 0 Å². The van der Waals surface area contributed by atoms with Crippen LogP contribution < -0.4 is 49.6 Å². The minimum atomic E-state index is 0. The van der Waals surface area contributed by atoms with Crippen molar-refractivity contribution < 1.29 is 75.5 Å². The molecule has 0 saturated carbocycles. The van der Waals surface area contributed by atoms with Gasteiger partial charge in [0.1, 0.15) is 0 Å². The molecule has 40 valence electrons. The summed E-state index contributed by atoms with van der Waals surface area (Å²) in [4.78, 5) is 0. The second-order valence-corrected chi connectivity index (χ2v) is 0. The first kappa shape index (κ1) is 82.8. The molecule has 6 heavy (non-hydrogen) atoms. The Balaban J connectivity index is 0. The summed E-state index contributed by atoms with van der Waals surface area (Å²) in [5.41, 5.74) is 0. The van der Waals surface area contributed by atoms with Crippen LogP contribution in [0.3, 0.4) is 0 Å². The van der Waals surface area contributed by atoms with E-state index < -0.39 is 0 Å². The first-order chi connectivity index (χ1) is 0. The molecule has 0 nitrogen and oxygen atoms in total. The summed E-state index contributed by atoms with van der Waals surface area (Å²) in [5.74, 6) is 0. The summed E-state index contributed by atoms with van der Waals surface area (Å²) >= 11 is 0. The maximum Gasteiger partial charge on any atom is 4.00 e. The maximum absolute atomic E-state index is 0. The minimum absolute atomic E-state index is 0. The average Bonchev–Trinajstić information content (AvgIpc) is 0. The topological polar surface area (TPSA) is 0 Å². The molecule has 0 aromatic heterocycles. The van der Waals surface area contributed by atoms with Crippen molar-refractivity contribution in [3.63, 3.8) is 0 Å². The van der Waals surface area contributed by atoms with Gasteiger partial charge in [-0.25, -0.2) is 0 Å². The first-order valence-corrected chi connectivity index (χ1v) is 0. The van der Waals surface area contributed by atoms with E-state index in [-0.39, 0.29) is 87.9 Å². The number of rotatable bonds is 0. The van der Waals surface area contributed by atoms with Gasteiger partial charge in [0.25, 0.3) is 0 Å². The van der Waals surface area contributed by atoms with Gasteiger partial charge in [-0.15, -0.1) is 12.4 Å². The van der Waals surface area contributed by atoms with Crippen molar-refractivity contribution in [1.82, 2.24) is 0 Å². The van der Waals surface area contributed by atoms with Gasteiger partial charge in [-0.2, -0.15) is 0 Å². The molecule has 0 aliphatic heterocycles. The largest absolute Gasteiger partial charge is 4.00 e. The Morgan fingerprint density at radius 1 is 0.500 bits per heavy atom. The molecular weight excluding hydrogens is 356 g/mol. The average molecular weight is 357 g/mol. The smallest absolute Gasteiger partial charge is 1.00 e. The van der Waals surface area contributed by atoms with Gasteiger partial charge in [0.2, 0.25) is 0 Å². The van der Waals surface area contributed by atoms with E-state index in [2.05, 4.69) is 0 Å². The van der Waals surface area contributed by atoms with Gasteiger partial charge in [-0.1, -0.05) is 0 Å². The monoisotopic (exact) mass is 356 g/mol. The van der Waals surface area contributed by atoms with Crippen molar-refractivity contribution in [3.05, 3.63) is 0 Å². The molecule has 0 aromatic carbocycles. The van der Waals surface area contributed by atoms with Gasteiger partial charge in [-0.3, -0.25) is 0 Å². The zero-order chi connectivity index (χ0) is 0. The number of halogens is 5. The minimum Gasteiger partial charge on any atom is -1.00 e. The Bertz CT molecular complexity index is 3.90. The molecule has 6 heteroatoms. The van der Waals surface area contributed by atoms with Gasteiger partial charge in [0.05, 0.1) is 0 Å². The van der Waals surface area contributed by atoms with E-state index in [1.807, 2.05) is 0 Å². The van der Waals surface area contributed by atoms with Crippen molar-refractivity contribution in [2.24, 2.45) is 0 Å². The third kappa shape index (κ3) is 33.2. The molecule has 0 unspecified atom stereocenters. The zero-order valence-electron chi connectivity index (χ0n) is 2.42. The Hall–Kier alpha value is 2.32. The normalized spacial score (nSPS) is 0. The second-order valence-electron chi connectivity index (χ2n) is 0. The van der Waals surface area contributed by atoms with E-state index >= 15 is 0 Å². The van der Waals surface area contributed by atoms with Gasteiger partial charge in [-0.05, 0) is 0 Å². The van der Waals surface area contributed by atoms with Crippen LogP contribution in [-0.4, -0.2) is 0 Å². The van der Waals surface area contributed by atoms with Crippen molar-refractivity contribution in [2.75, 3.05) is 0 Å². The van der Waals surface area contributed by atoms with Crippen molar-refractivity contribution in [1.29, 1.82) is 0 Å². The van der Waals surface area contributed by atoms with E-state index in [0.29, 0.717) is 0 Å². The van der Waals surface area contributed by atoms with Gasteiger partial charge >= 0.3 is 25.8 Å². The van der Waals surface area contributed by atoms with Gasteiger partial charge in [0, 0.05) is 0 Å². The summed E-state index contributed by atoms with van der Waals surface area (Å²) in [6, 6.07) is 0. The van der Waals surface area contributed by atoms with Crippen LogP contribution in [0.15, 0.2) is 0 Å². The third-order valence-electron chi connectivity index (χ3n) is 0. The standard InChI is InChI=1S/5ClH.Hf/h5*1H;/q;;;;;+4/p-4. The molecule has 0 heterocycles. The predicted molar refractivity (Wildman–Crippen MR) is 7.25 cm³/mol. The summed E-state index contributed by atoms with van der Waals surface area (Å²) in [6.07, 6.45) is 0. The molecule has 0 aliphatic carbocycles. The van der Waals surface area contributed by atoms with Crippen molar-refractivity contribution in [2.45, 2.75) is 0 Å².